The van der Waals surface area contributed by atoms with E-state index in [2.05, 4.69) is 15.3 Å². The molecule has 1 saturated heterocycles. The fraction of sp³-hybridized carbons (Fsp3) is 0.857. The maximum absolute atomic E-state index is 4.23. The highest BCUT2D eigenvalue weighted by Gasteiger charge is 2.23. The highest BCUT2D eigenvalue weighted by molar-refractivity contribution is 5.52. The number of rotatable bonds is 2. The van der Waals surface area contributed by atoms with E-state index in [-0.39, 0.29) is 6.29 Å². The average molecular weight is 156 g/mol. The Balaban J connectivity index is 2.50. The molecule has 0 aliphatic carbocycles. The Morgan fingerprint density at radius 1 is 1.64 bits per heavy atom. The second kappa shape index (κ2) is 3.69. The molecule has 0 spiro atoms. The highest BCUT2D eigenvalue weighted by atomic mass is 15.6. The van der Waals surface area contributed by atoms with Gasteiger partial charge in [0.15, 0.2) is 6.29 Å². The molecule has 1 aliphatic rings. The average Bonchev–Trinajstić information content (AvgIpc) is 2.36. The van der Waals surface area contributed by atoms with Crippen LogP contribution in [0.1, 0.15) is 6.92 Å². The molecule has 0 aromatic heterocycles. The molecule has 0 aromatic rings. The van der Waals surface area contributed by atoms with Gasteiger partial charge in [0, 0.05) is 12.8 Å². The highest BCUT2D eigenvalue weighted by Crippen LogP contribution is 2.04. The molecule has 0 bridgehead atoms. The molecule has 0 radical (unpaired) electrons. The molecule has 0 saturated carbocycles. The van der Waals surface area contributed by atoms with Crippen molar-refractivity contribution in [1.29, 1.82) is 0 Å². The van der Waals surface area contributed by atoms with Gasteiger partial charge in [-0.1, -0.05) is 0 Å². The minimum Gasteiger partial charge on any atom is -0.282 e. The Bertz CT molecular complexity index is 143. The summed E-state index contributed by atoms with van der Waals surface area (Å²) in [6.45, 7) is 3.94. The van der Waals surface area contributed by atoms with Gasteiger partial charge < -0.3 is 0 Å². The normalized spacial score (nSPS) is 25.8. The van der Waals surface area contributed by atoms with Crippen LogP contribution in [0.15, 0.2) is 5.10 Å². The lowest BCUT2D eigenvalue weighted by atomic mass is 10.7. The summed E-state index contributed by atoms with van der Waals surface area (Å²) in [5.41, 5.74) is 0. The number of hydrogen-bond donors (Lipinski definition) is 1. The molecule has 4 nitrogen and oxygen atoms in total. The predicted molar refractivity (Wildman–Crippen MR) is 46.3 cm³/mol. The summed E-state index contributed by atoms with van der Waals surface area (Å²) in [6.07, 6.45) is 2.09. The third-order valence-electron chi connectivity index (χ3n) is 1.70. The third-order valence-corrected chi connectivity index (χ3v) is 1.70. The molecule has 1 fully saturated rings. The molecule has 4 heteroatoms. The molecule has 64 valence electrons. The van der Waals surface area contributed by atoms with Crippen molar-refractivity contribution in [3.63, 3.8) is 0 Å². The first kappa shape index (κ1) is 8.49. The van der Waals surface area contributed by atoms with Gasteiger partial charge in [-0.25, -0.2) is 0 Å². The van der Waals surface area contributed by atoms with Gasteiger partial charge in [-0.2, -0.15) is 5.10 Å². The zero-order valence-electron chi connectivity index (χ0n) is 7.41. The first-order valence-electron chi connectivity index (χ1n) is 3.90. The van der Waals surface area contributed by atoms with Crippen molar-refractivity contribution in [3.05, 3.63) is 0 Å². The summed E-state index contributed by atoms with van der Waals surface area (Å²) in [5, 5.41) is 9.60. The van der Waals surface area contributed by atoms with Gasteiger partial charge in [0.25, 0.3) is 0 Å². The van der Waals surface area contributed by atoms with Gasteiger partial charge in [0.05, 0.1) is 6.54 Å². The second-order valence-corrected chi connectivity index (χ2v) is 2.83. The van der Waals surface area contributed by atoms with Crippen LogP contribution in [-0.2, 0) is 0 Å². The van der Waals surface area contributed by atoms with Crippen molar-refractivity contribution in [3.8, 4) is 0 Å². The molecule has 1 atom stereocenters. The third kappa shape index (κ3) is 1.91. The van der Waals surface area contributed by atoms with Crippen LogP contribution in [0.25, 0.3) is 0 Å². The van der Waals surface area contributed by atoms with E-state index in [4.69, 9.17) is 0 Å². The molecule has 0 amide bonds. The topological polar surface area (TPSA) is 30.9 Å². The molecule has 11 heavy (non-hydrogen) atoms. The largest absolute Gasteiger partial charge is 0.282 e. The Morgan fingerprint density at radius 3 is 2.91 bits per heavy atom. The van der Waals surface area contributed by atoms with E-state index in [9.17, 15) is 0 Å². The Hall–Kier alpha value is -0.610. The SMILES string of the molecule is CC=NN1CCNC1N(C)C. The van der Waals surface area contributed by atoms with Gasteiger partial charge in [0.1, 0.15) is 0 Å². The number of hydrogen-bond acceptors (Lipinski definition) is 4. The smallest absolute Gasteiger partial charge is 0.152 e. The van der Waals surface area contributed by atoms with Crippen LogP contribution < -0.4 is 5.32 Å². The van der Waals surface area contributed by atoms with Gasteiger partial charge in [-0.3, -0.25) is 15.2 Å². The van der Waals surface area contributed by atoms with Crippen LogP contribution in [0.3, 0.4) is 0 Å². The molecule has 1 N–H and O–H groups in total. The number of nitrogens with one attached hydrogen (secondary N) is 1. The van der Waals surface area contributed by atoms with Crippen LogP contribution in [-0.4, -0.2) is 49.6 Å². The van der Waals surface area contributed by atoms with Crippen molar-refractivity contribution in [2.75, 3.05) is 27.2 Å². The van der Waals surface area contributed by atoms with E-state index in [1.165, 1.54) is 0 Å². The lowest BCUT2D eigenvalue weighted by Gasteiger charge is -2.26. The van der Waals surface area contributed by atoms with E-state index < -0.39 is 0 Å². The van der Waals surface area contributed by atoms with Gasteiger partial charge >= 0.3 is 0 Å². The minimum absolute atomic E-state index is 0.270. The van der Waals surface area contributed by atoms with E-state index in [1.54, 1.807) is 0 Å². The van der Waals surface area contributed by atoms with Crippen molar-refractivity contribution >= 4 is 6.21 Å². The van der Waals surface area contributed by atoms with E-state index >= 15 is 0 Å². The summed E-state index contributed by atoms with van der Waals surface area (Å²) < 4.78 is 0. The molecule has 0 aromatic carbocycles. The van der Waals surface area contributed by atoms with Crippen LogP contribution in [0.2, 0.25) is 0 Å². The minimum atomic E-state index is 0.270. The quantitative estimate of drug-likeness (QED) is 0.559. The van der Waals surface area contributed by atoms with E-state index in [0.717, 1.165) is 13.1 Å². The fourth-order valence-electron chi connectivity index (χ4n) is 1.25. The van der Waals surface area contributed by atoms with Crippen molar-refractivity contribution < 1.29 is 0 Å². The van der Waals surface area contributed by atoms with Crippen LogP contribution in [0, 0.1) is 0 Å². The maximum Gasteiger partial charge on any atom is 0.152 e. The molecule has 1 rings (SSSR count). The Kier molecular flexibility index (Phi) is 2.84. The maximum atomic E-state index is 4.23. The summed E-state index contributed by atoms with van der Waals surface area (Å²) >= 11 is 0. The zero-order chi connectivity index (χ0) is 8.27. The molecular weight excluding hydrogens is 140 g/mol. The lowest BCUT2D eigenvalue weighted by molar-refractivity contribution is 0.109. The van der Waals surface area contributed by atoms with Gasteiger partial charge in [-0.15, -0.1) is 0 Å². The van der Waals surface area contributed by atoms with Crippen LogP contribution in [0.5, 0.6) is 0 Å². The van der Waals surface area contributed by atoms with E-state index in [0.29, 0.717) is 0 Å². The predicted octanol–water partition coefficient (Wildman–Crippen LogP) is -0.257. The Morgan fingerprint density at radius 2 is 2.36 bits per heavy atom. The number of hydrazone groups is 1. The molecular formula is C7H16N4. The van der Waals surface area contributed by atoms with Crippen molar-refractivity contribution in [1.82, 2.24) is 15.2 Å². The fourth-order valence-corrected chi connectivity index (χ4v) is 1.25. The Labute approximate surface area is 67.9 Å². The molecule has 1 heterocycles. The van der Waals surface area contributed by atoms with Crippen molar-refractivity contribution in [2.45, 2.75) is 13.2 Å². The second-order valence-electron chi connectivity index (χ2n) is 2.83. The summed E-state index contributed by atoms with van der Waals surface area (Å²) in [7, 11) is 4.09. The summed E-state index contributed by atoms with van der Waals surface area (Å²) in [4.78, 5) is 2.11. The lowest BCUT2D eigenvalue weighted by Crippen LogP contribution is -2.44. The summed E-state index contributed by atoms with van der Waals surface area (Å²) in [6, 6.07) is 0. The number of nitrogens with zero attached hydrogens (tertiary/aromatic N) is 3. The van der Waals surface area contributed by atoms with Crippen LogP contribution >= 0.6 is 0 Å². The standard InChI is InChI=1S/C7H16N4/c1-4-9-11-6-5-8-7(11)10(2)3/h4,7-8H,5-6H2,1-3H3. The van der Waals surface area contributed by atoms with Gasteiger partial charge in [-0.05, 0) is 21.0 Å². The van der Waals surface area contributed by atoms with E-state index in [1.807, 2.05) is 32.2 Å². The molecule has 1 aliphatic heterocycles. The zero-order valence-corrected chi connectivity index (χ0v) is 7.41. The molecule has 1 unspecified atom stereocenters. The van der Waals surface area contributed by atoms with Crippen molar-refractivity contribution in [2.24, 2.45) is 5.10 Å². The first-order valence-corrected chi connectivity index (χ1v) is 3.90. The summed E-state index contributed by atoms with van der Waals surface area (Å²) in [5.74, 6) is 0. The van der Waals surface area contributed by atoms with Gasteiger partial charge in [0.2, 0.25) is 0 Å². The monoisotopic (exact) mass is 156 g/mol. The van der Waals surface area contributed by atoms with Crippen LogP contribution in [0.4, 0.5) is 0 Å². The first-order chi connectivity index (χ1) is 5.25.